The number of nitrogens with one attached hydrogen (secondary N) is 1. The van der Waals surface area contributed by atoms with Crippen molar-refractivity contribution < 1.29 is 148 Å². The summed E-state index contributed by atoms with van der Waals surface area (Å²) in [5, 5.41) is 123. The Kier molecular flexibility index (Phi) is 45.5. The van der Waals surface area contributed by atoms with Gasteiger partial charge in [-0.1, -0.05) is 0 Å². The largest absolute Gasteiger partial charge is 0.480 e. The van der Waals surface area contributed by atoms with E-state index >= 15 is 28.8 Å². The van der Waals surface area contributed by atoms with E-state index in [1.807, 2.05) is 0 Å². The van der Waals surface area contributed by atoms with Gasteiger partial charge in [0.05, 0.1) is 123 Å². The Hall–Kier alpha value is -10.2. The monoisotopic (exact) mass is 1920 g/mol. The lowest BCUT2D eigenvalue weighted by Crippen LogP contribution is -2.60. The van der Waals surface area contributed by atoms with Gasteiger partial charge in [-0.05, 0) is 0 Å². The van der Waals surface area contributed by atoms with E-state index in [2.05, 4.69) is 5.32 Å². The standard InChI is InChI=1S/C82H137N23O30/c106-65(45-84-1-9-88(49-69(110)111)17-25-96(57-77(126)127)26-18-89(10-2-84)50-70(112)113)100-33-34-101(66(107)46-85-3-11-90(51-71(114)115)19-27-97(58-78(128)129)28-20-91(12-4-85)52-72(116)117)39-61(38-100)81(134)104-42-63-43-105(64(44-104)37-83-63)82(135)62-40-102(67(108)47-86-5-13-92(53-73(118)119)21-29-98(59-79(130)131)30-22-93(14-6-86)54-74(120)121)35-36-103(41-62)68(109)48-87-7-15-94(55-75(122)123)23-31-99(60-80(132)133)32-24-95(16-8-87)56-76(124)125/h61-64,83H,1-60H2,(H,110,111)(H,112,113)(H,114,115)(H,116,117)(H,118,119)(H,120,121)(H,122,123)(H,124,125)(H,126,127)(H,128,129)(H,130,131)(H,132,133). The minimum Gasteiger partial charge on any atom is -0.480 e. The summed E-state index contributed by atoms with van der Waals surface area (Å²) in [6, 6.07) is -1.51. The third-order valence-corrected chi connectivity index (χ3v) is 25.6. The number of hydrogen-bond donors (Lipinski definition) is 13. The Morgan fingerprint density at radius 3 is 0.496 bits per heavy atom. The molecule has 9 fully saturated rings. The summed E-state index contributed by atoms with van der Waals surface area (Å²) in [5.41, 5.74) is 0. The van der Waals surface area contributed by atoms with Crippen molar-refractivity contribution in [3.05, 3.63) is 0 Å². The van der Waals surface area contributed by atoms with Gasteiger partial charge in [-0.15, -0.1) is 0 Å². The molecule has 2 atom stereocenters. The molecule has 135 heavy (non-hydrogen) atoms. The van der Waals surface area contributed by atoms with Gasteiger partial charge in [0.15, 0.2) is 0 Å². The summed E-state index contributed by atoms with van der Waals surface area (Å²) >= 11 is 0. The van der Waals surface area contributed by atoms with Crippen LogP contribution in [0.25, 0.3) is 0 Å². The Balaban J connectivity index is 1.12. The molecule has 9 heterocycles. The van der Waals surface area contributed by atoms with Crippen LogP contribution in [0.15, 0.2) is 0 Å². The van der Waals surface area contributed by atoms with E-state index < -0.39 is 210 Å². The highest BCUT2D eigenvalue weighted by Crippen LogP contribution is 2.25. The number of carboxylic acids is 12. The van der Waals surface area contributed by atoms with Crippen molar-refractivity contribution in [1.29, 1.82) is 0 Å². The molecule has 9 aliphatic heterocycles. The van der Waals surface area contributed by atoms with Crippen LogP contribution < -0.4 is 5.32 Å². The molecular formula is C82H137N23O30. The van der Waals surface area contributed by atoms with E-state index in [4.69, 9.17) is 0 Å². The van der Waals surface area contributed by atoms with Crippen molar-refractivity contribution in [3.63, 3.8) is 0 Å². The van der Waals surface area contributed by atoms with Crippen molar-refractivity contribution in [2.75, 3.05) is 393 Å². The molecule has 0 aromatic rings. The molecule has 0 radical (unpaired) electrons. The van der Waals surface area contributed by atoms with Crippen LogP contribution in [0.5, 0.6) is 0 Å². The fourth-order valence-corrected chi connectivity index (χ4v) is 18.2. The summed E-state index contributed by atoms with van der Waals surface area (Å²) in [5.74, 6) is -19.7. The third kappa shape index (κ3) is 40.5. The molecule has 9 aliphatic rings. The molecule has 53 heteroatoms. The average Bonchev–Trinajstić information content (AvgIpc) is 1.65. The van der Waals surface area contributed by atoms with Crippen LogP contribution in [0.1, 0.15) is 0 Å². The number of carbonyl (C=O) groups excluding carboxylic acids is 6. The Morgan fingerprint density at radius 1 is 0.178 bits per heavy atom. The van der Waals surface area contributed by atoms with E-state index in [1.54, 1.807) is 88.2 Å². The van der Waals surface area contributed by atoms with Gasteiger partial charge in [-0.2, -0.15) is 0 Å². The second kappa shape index (κ2) is 55.9. The van der Waals surface area contributed by atoms with E-state index in [9.17, 15) is 119 Å². The molecule has 2 unspecified atom stereocenters. The topological polar surface area (TPSA) is 633 Å². The highest BCUT2D eigenvalue weighted by Gasteiger charge is 2.46. The number of piperazine rings is 1. The number of amides is 6. The Labute approximate surface area is 781 Å². The maximum atomic E-state index is 16.2. The van der Waals surface area contributed by atoms with E-state index in [0.29, 0.717) is 0 Å². The fraction of sp³-hybridized carbons (Fsp3) is 0.780. The van der Waals surface area contributed by atoms with E-state index in [1.165, 1.54) is 19.6 Å². The molecule has 760 valence electrons. The smallest absolute Gasteiger partial charge is 0.317 e. The maximum Gasteiger partial charge on any atom is 0.317 e. The number of rotatable bonds is 34. The lowest BCUT2D eigenvalue weighted by Gasteiger charge is -2.39. The van der Waals surface area contributed by atoms with Gasteiger partial charge in [0.25, 0.3) is 0 Å². The number of hydrogen-bond acceptors (Lipinski definition) is 35. The summed E-state index contributed by atoms with van der Waals surface area (Å²) in [4.78, 5) is 275. The summed E-state index contributed by atoms with van der Waals surface area (Å²) in [6.07, 6.45) is 0. The van der Waals surface area contributed by atoms with Gasteiger partial charge < -0.3 is 96.0 Å². The van der Waals surface area contributed by atoms with Crippen molar-refractivity contribution in [3.8, 4) is 0 Å². The molecule has 2 bridgehead atoms. The van der Waals surface area contributed by atoms with Gasteiger partial charge in [-0.25, -0.2) is 0 Å². The zero-order chi connectivity index (χ0) is 98.5. The molecular weight excluding hydrogens is 1790 g/mol. The molecule has 9 saturated heterocycles. The predicted molar refractivity (Wildman–Crippen MR) is 472 cm³/mol. The molecule has 6 amide bonds. The first-order valence-electron chi connectivity index (χ1n) is 45.8. The highest BCUT2D eigenvalue weighted by atomic mass is 16.4. The average molecular weight is 1930 g/mol. The summed E-state index contributed by atoms with van der Waals surface area (Å²) in [6.45, 7) is -6.52. The van der Waals surface area contributed by atoms with Gasteiger partial charge >= 0.3 is 71.6 Å². The minimum atomic E-state index is -1.21. The lowest BCUT2D eigenvalue weighted by molar-refractivity contribution is -0.144. The van der Waals surface area contributed by atoms with Crippen molar-refractivity contribution in [1.82, 2.24) is 113 Å². The zero-order valence-electron chi connectivity index (χ0n) is 76.8. The van der Waals surface area contributed by atoms with Crippen LogP contribution in [0.3, 0.4) is 0 Å². The van der Waals surface area contributed by atoms with E-state index in [0.717, 1.165) is 0 Å². The first-order valence-corrected chi connectivity index (χ1v) is 45.8. The Bertz CT molecular complexity index is 3690. The number of nitrogens with zero attached hydrogens (tertiary/aromatic N) is 22. The van der Waals surface area contributed by atoms with Crippen LogP contribution in [0.2, 0.25) is 0 Å². The molecule has 9 rings (SSSR count). The van der Waals surface area contributed by atoms with Crippen LogP contribution in [-0.2, 0) is 86.3 Å². The minimum absolute atomic E-state index is 0.0386. The second-order valence-electron chi connectivity index (χ2n) is 35.9. The predicted octanol–water partition coefficient (Wildman–Crippen LogP) is -12.5. The van der Waals surface area contributed by atoms with Gasteiger partial charge in [0, 0.05) is 294 Å². The van der Waals surface area contributed by atoms with Crippen molar-refractivity contribution >= 4 is 107 Å². The molecule has 0 saturated carbocycles. The SMILES string of the molecule is O=C(O)CN1CCN(CC(=O)O)CCN(CC(=O)N2CCN(C(=O)CN3CCN(CC(=O)O)CCN(CC(=O)O)CCN(CC(=O)O)CC3)CC(C(=O)N3CC4CN(C(=O)C5CN(C(=O)CN6CCN(CC(=O)O)CCN(CC(=O)O)CCN(CC(=O)O)CC6)CCN(C(=O)CN6CCN(CC(=O)O)CCN(CC(=O)O)CCN(CC(=O)O)CC6)C5)C(CN4)C3)C2)CCN(CC(=O)O)CC1. The lowest BCUT2D eigenvalue weighted by atomic mass is 10.0. The Morgan fingerprint density at radius 2 is 0.333 bits per heavy atom. The number of aliphatic carboxylic acids is 12. The molecule has 0 spiro atoms. The highest BCUT2D eigenvalue weighted by molar-refractivity contribution is 5.87. The normalized spacial score (nSPS) is 22.7. The number of fused-ring (bicyclic) bond motifs is 4. The first-order chi connectivity index (χ1) is 64.1. The summed E-state index contributed by atoms with van der Waals surface area (Å²) in [7, 11) is 0. The van der Waals surface area contributed by atoms with Crippen molar-refractivity contribution in [2.45, 2.75) is 12.1 Å². The van der Waals surface area contributed by atoms with Crippen LogP contribution in [0, 0.1) is 11.8 Å². The molecule has 0 aromatic heterocycles. The van der Waals surface area contributed by atoms with Gasteiger partial charge in [-0.3, -0.25) is 165 Å². The molecule has 13 N–H and O–H groups in total. The molecule has 0 aliphatic carbocycles. The molecule has 53 nitrogen and oxygen atoms in total. The molecule has 0 aromatic carbocycles. The van der Waals surface area contributed by atoms with Crippen LogP contribution in [-0.4, -0.2) is 681 Å². The van der Waals surface area contributed by atoms with Gasteiger partial charge in [0.2, 0.25) is 35.4 Å². The maximum absolute atomic E-state index is 16.2. The quantitative estimate of drug-likeness (QED) is 0.0284. The van der Waals surface area contributed by atoms with Crippen LogP contribution >= 0.6 is 0 Å². The fourth-order valence-electron chi connectivity index (χ4n) is 18.2. The number of carbonyl (C=O) groups is 18. The van der Waals surface area contributed by atoms with Crippen molar-refractivity contribution in [2.24, 2.45) is 11.8 Å². The number of carboxylic acid groups (broad SMARTS) is 12. The van der Waals surface area contributed by atoms with E-state index in [-0.39, 0.29) is 314 Å². The second-order valence-corrected chi connectivity index (χ2v) is 35.9. The first kappa shape index (κ1) is 110. The summed E-state index contributed by atoms with van der Waals surface area (Å²) < 4.78 is 0. The third-order valence-electron chi connectivity index (χ3n) is 25.6. The van der Waals surface area contributed by atoms with Crippen LogP contribution in [0.4, 0.5) is 0 Å². The zero-order valence-corrected chi connectivity index (χ0v) is 76.8. The van der Waals surface area contributed by atoms with Gasteiger partial charge in [0.1, 0.15) is 0 Å².